The molecule has 15 heavy (non-hydrogen) atoms. The molecule has 0 radical (unpaired) electrons. The first kappa shape index (κ1) is 14.2. The first-order chi connectivity index (χ1) is 7.22. The van der Waals surface area contributed by atoms with Crippen molar-refractivity contribution in [1.82, 2.24) is 0 Å². The zero-order chi connectivity index (χ0) is 11.5. The monoisotopic (exact) mass is 214 g/mol. The van der Waals surface area contributed by atoms with Crippen molar-refractivity contribution in [3.05, 3.63) is 12.2 Å². The maximum absolute atomic E-state index is 11.0. The third-order valence-electron chi connectivity index (χ3n) is 2.08. The number of hydrogen-bond donors (Lipinski definition) is 1. The predicted molar refractivity (Wildman–Crippen MR) is 60.5 cm³/mol. The molecule has 0 aromatic rings. The minimum absolute atomic E-state index is 0.360. The van der Waals surface area contributed by atoms with Crippen LogP contribution in [-0.4, -0.2) is 23.8 Å². The third kappa shape index (κ3) is 8.18. The quantitative estimate of drug-likeness (QED) is 0.383. The topological polar surface area (TPSA) is 46.5 Å². The summed E-state index contributed by atoms with van der Waals surface area (Å²) >= 11 is 0. The largest absolute Gasteiger partial charge is 0.463 e. The first-order valence-corrected chi connectivity index (χ1v) is 5.72. The summed E-state index contributed by atoms with van der Waals surface area (Å²) in [6.07, 6.45) is 7.77. The first-order valence-electron chi connectivity index (χ1n) is 5.72. The van der Waals surface area contributed by atoms with E-state index in [4.69, 9.17) is 9.84 Å². The normalized spacial score (nSPS) is 13.0. The molecule has 0 aliphatic carbocycles. The van der Waals surface area contributed by atoms with Crippen molar-refractivity contribution in [3.63, 3.8) is 0 Å². The molecular weight excluding hydrogens is 192 g/mol. The molecule has 1 unspecified atom stereocenters. The highest BCUT2D eigenvalue weighted by Gasteiger charge is 2.12. The molecule has 0 bridgehead atoms. The molecule has 0 rings (SSSR count). The van der Waals surface area contributed by atoms with Crippen molar-refractivity contribution >= 4 is 5.97 Å². The fourth-order valence-corrected chi connectivity index (χ4v) is 1.05. The molecule has 0 aliphatic heterocycles. The predicted octanol–water partition coefficient (Wildman–Crippen LogP) is 2.44. The molecule has 0 aromatic carbocycles. The lowest BCUT2D eigenvalue weighted by atomic mass is 10.2. The number of carbonyl (C=O) groups is 1. The van der Waals surface area contributed by atoms with Crippen molar-refractivity contribution in [3.8, 4) is 0 Å². The van der Waals surface area contributed by atoms with E-state index in [1.165, 1.54) is 12.8 Å². The molecule has 88 valence electrons. The standard InChI is InChI=1S/C12H22O3/c1-3-5-6-7-8-9-10-15-12(14)11(13)4-2/h7-8,11,13H,3-6,9-10H2,1-2H3/b8-7-. The second-order valence-electron chi connectivity index (χ2n) is 3.49. The summed E-state index contributed by atoms with van der Waals surface area (Å²) in [5.41, 5.74) is 0. The lowest BCUT2D eigenvalue weighted by molar-refractivity contribution is -0.153. The van der Waals surface area contributed by atoms with Gasteiger partial charge in [0.05, 0.1) is 6.61 Å². The summed E-state index contributed by atoms with van der Waals surface area (Å²) < 4.78 is 4.86. The van der Waals surface area contributed by atoms with E-state index in [1.54, 1.807) is 6.92 Å². The second-order valence-corrected chi connectivity index (χ2v) is 3.49. The molecule has 1 N–H and O–H groups in total. The van der Waals surface area contributed by atoms with E-state index in [1.807, 2.05) is 6.08 Å². The molecular formula is C12H22O3. The number of hydrogen-bond acceptors (Lipinski definition) is 3. The van der Waals surface area contributed by atoms with E-state index in [9.17, 15) is 4.79 Å². The maximum Gasteiger partial charge on any atom is 0.334 e. The Hall–Kier alpha value is -0.830. The van der Waals surface area contributed by atoms with Gasteiger partial charge in [0.1, 0.15) is 0 Å². The van der Waals surface area contributed by atoms with Crippen LogP contribution in [0.15, 0.2) is 12.2 Å². The van der Waals surface area contributed by atoms with Crippen LogP contribution in [-0.2, 0) is 9.53 Å². The molecule has 0 heterocycles. The smallest absolute Gasteiger partial charge is 0.334 e. The van der Waals surface area contributed by atoms with Crippen LogP contribution < -0.4 is 0 Å². The number of aliphatic hydroxyl groups excluding tert-OH is 1. The average Bonchev–Trinajstić information content (AvgIpc) is 2.26. The van der Waals surface area contributed by atoms with Crippen LogP contribution in [0.3, 0.4) is 0 Å². The van der Waals surface area contributed by atoms with Crippen LogP contribution in [0.1, 0.15) is 46.0 Å². The highest BCUT2D eigenvalue weighted by Crippen LogP contribution is 1.98. The average molecular weight is 214 g/mol. The molecule has 3 nitrogen and oxygen atoms in total. The Kier molecular flexibility index (Phi) is 9.18. The zero-order valence-corrected chi connectivity index (χ0v) is 9.74. The van der Waals surface area contributed by atoms with E-state index in [-0.39, 0.29) is 0 Å². The Balaban J connectivity index is 3.38. The number of esters is 1. The Morgan fingerprint density at radius 1 is 1.33 bits per heavy atom. The highest BCUT2D eigenvalue weighted by atomic mass is 16.5. The van der Waals surface area contributed by atoms with Crippen LogP contribution >= 0.6 is 0 Å². The summed E-state index contributed by atoms with van der Waals surface area (Å²) in [6.45, 7) is 4.26. The summed E-state index contributed by atoms with van der Waals surface area (Å²) in [4.78, 5) is 11.0. The van der Waals surface area contributed by atoms with E-state index >= 15 is 0 Å². The van der Waals surface area contributed by atoms with E-state index < -0.39 is 12.1 Å². The summed E-state index contributed by atoms with van der Waals surface area (Å²) in [5, 5.41) is 9.11. The van der Waals surface area contributed by atoms with Crippen molar-refractivity contribution in [1.29, 1.82) is 0 Å². The fourth-order valence-electron chi connectivity index (χ4n) is 1.05. The molecule has 0 spiro atoms. The van der Waals surface area contributed by atoms with Gasteiger partial charge in [0.2, 0.25) is 0 Å². The van der Waals surface area contributed by atoms with Gasteiger partial charge in [0.25, 0.3) is 0 Å². The number of aliphatic hydroxyl groups is 1. The third-order valence-corrected chi connectivity index (χ3v) is 2.08. The van der Waals surface area contributed by atoms with Crippen LogP contribution in [0.5, 0.6) is 0 Å². The van der Waals surface area contributed by atoms with E-state index in [2.05, 4.69) is 13.0 Å². The molecule has 0 aromatic heterocycles. The lowest BCUT2D eigenvalue weighted by Crippen LogP contribution is -2.22. The van der Waals surface area contributed by atoms with Gasteiger partial charge >= 0.3 is 5.97 Å². The van der Waals surface area contributed by atoms with Gasteiger partial charge in [-0.25, -0.2) is 4.79 Å². The summed E-state index contributed by atoms with van der Waals surface area (Å²) in [6, 6.07) is 0. The number of ether oxygens (including phenoxy) is 1. The molecule has 0 saturated carbocycles. The van der Waals surface area contributed by atoms with Gasteiger partial charge in [0, 0.05) is 0 Å². The van der Waals surface area contributed by atoms with E-state index in [0.717, 1.165) is 12.8 Å². The number of rotatable bonds is 8. The Labute approximate surface area is 92.1 Å². The van der Waals surface area contributed by atoms with Crippen molar-refractivity contribution in [2.45, 2.75) is 52.1 Å². The Morgan fingerprint density at radius 3 is 2.60 bits per heavy atom. The van der Waals surface area contributed by atoms with Crippen LogP contribution in [0.25, 0.3) is 0 Å². The maximum atomic E-state index is 11.0. The van der Waals surface area contributed by atoms with Gasteiger partial charge in [-0.3, -0.25) is 0 Å². The molecule has 1 atom stereocenters. The van der Waals surface area contributed by atoms with Gasteiger partial charge in [-0.1, -0.05) is 38.8 Å². The molecule has 0 aliphatic rings. The van der Waals surface area contributed by atoms with Gasteiger partial charge in [-0.05, 0) is 19.3 Å². The van der Waals surface area contributed by atoms with Gasteiger partial charge < -0.3 is 9.84 Å². The summed E-state index contributed by atoms with van der Waals surface area (Å²) in [7, 11) is 0. The molecule has 0 saturated heterocycles. The second kappa shape index (κ2) is 9.71. The number of allylic oxidation sites excluding steroid dienone is 1. The van der Waals surface area contributed by atoms with Crippen molar-refractivity contribution in [2.75, 3.05) is 6.61 Å². The molecule has 0 amide bonds. The molecule has 3 heteroatoms. The Bertz CT molecular complexity index is 187. The number of unbranched alkanes of at least 4 members (excludes halogenated alkanes) is 2. The van der Waals surface area contributed by atoms with Gasteiger partial charge in [-0.15, -0.1) is 0 Å². The molecule has 0 fully saturated rings. The Morgan fingerprint density at radius 2 is 2.00 bits per heavy atom. The lowest BCUT2D eigenvalue weighted by Gasteiger charge is -2.06. The van der Waals surface area contributed by atoms with Crippen LogP contribution in [0.4, 0.5) is 0 Å². The summed E-state index contributed by atoms with van der Waals surface area (Å²) in [5.74, 6) is -0.514. The van der Waals surface area contributed by atoms with Gasteiger partial charge in [-0.2, -0.15) is 0 Å². The fraction of sp³-hybridized carbons (Fsp3) is 0.750. The highest BCUT2D eigenvalue weighted by molar-refractivity contribution is 5.74. The van der Waals surface area contributed by atoms with Crippen LogP contribution in [0, 0.1) is 0 Å². The van der Waals surface area contributed by atoms with Crippen molar-refractivity contribution in [2.24, 2.45) is 0 Å². The van der Waals surface area contributed by atoms with Crippen molar-refractivity contribution < 1.29 is 14.6 Å². The minimum Gasteiger partial charge on any atom is -0.463 e. The van der Waals surface area contributed by atoms with Gasteiger partial charge in [0.15, 0.2) is 6.10 Å². The van der Waals surface area contributed by atoms with Crippen LogP contribution in [0.2, 0.25) is 0 Å². The number of carbonyl (C=O) groups excluding carboxylic acids is 1. The van der Waals surface area contributed by atoms with E-state index in [0.29, 0.717) is 13.0 Å². The minimum atomic E-state index is -0.964. The SMILES string of the molecule is CCCC/C=C\CCOC(=O)C(O)CC. The zero-order valence-electron chi connectivity index (χ0n) is 9.74.